The average Bonchev–Trinajstić information content (AvgIpc) is 3.09. The van der Waals surface area contributed by atoms with Crippen molar-refractivity contribution in [1.82, 2.24) is 25.4 Å². The van der Waals surface area contributed by atoms with Crippen molar-refractivity contribution >= 4 is 17.5 Å². The second kappa shape index (κ2) is 5.94. The van der Waals surface area contributed by atoms with Gasteiger partial charge in [0.05, 0.1) is 10.7 Å². The lowest BCUT2D eigenvalue weighted by molar-refractivity contribution is 0.0929. The molecule has 7 heteroatoms. The first-order chi connectivity index (χ1) is 11.2. The van der Waals surface area contributed by atoms with Gasteiger partial charge in [0.15, 0.2) is 0 Å². The molecule has 0 radical (unpaired) electrons. The van der Waals surface area contributed by atoms with Crippen LogP contribution >= 0.6 is 11.6 Å². The molecule has 1 aromatic heterocycles. The highest BCUT2D eigenvalue weighted by molar-refractivity contribution is 6.32. The fourth-order valence-corrected chi connectivity index (χ4v) is 3.07. The van der Waals surface area contributed by atoms with Crippen molar-refractivity contribution < 1.29 is 4.79 Å². The molecule has 2 heterocycles. The average molecular weight is 332 g/mol. The SMILES string of the molecule is O=C(NC1CCNC1)c1nc(C2CC2)n(-c2ccccc2Cl)n1. The Morgan fingerprint density at radius 1 is 1.30 bits per heavy atom. The summed E-state index contributed by atoms with van der Waals surface area (Å²) in [6, 6.07) is 7.65. The van der Waals surface area contributed by atoms with Gasteiger partial charge in [-0.05, 0) is 37.9 Å². The van der Waals surface area contributed by atoms with Crippen LogP contribution in [0.2, 0.25) is 5.02 Å². The summed E-state index contributed by atoms with van der Waals surface area (Å²) in [5.74, 6) is 1.20. The first-order valence-electron chi connectivity index (χ1n) is 7.96. The minimum absolute atomic E-state index is 0.152. The highest BCUT2D eigenvalue weighted by Gasteiger charge is 2.32. The van der Waals surface area contributed by atoms with Gasteiger partial charge in [-0.25, -0.2) is 9.67 Å². The largest absolute Gasteiger partial charge is 0.345 e. The first kappa shape index (κ1) is 14.7. The number of aromatic nitrogens is 3. The molecular formula is C16H18ClN5O. The molecule has 1 aliphatic heterocycles. The number of para-hydroxylation sites is 1. The number of nitrogens with one attached hydrogen (secondary N) is 2. The van der Waals surface area contributed by atoms with Gasteiger partial charge < -0.3 is 10.6 Å². The van der Waals surface area contributed by atoms with Crippen LogP contribution in [0.1, 0.15) is 41.6 Å². The summed E-state index contributed by atoms with van der Waals surface area (Å²) in [6.07, 6.45) is 3.10. The van der Waals surface area contributed by atoms with Crippen molar-refractivity contribution in [3.63, 3.8) is 0 Å². The number of nitrogens with zero attached hydrogens (tertiary/aromatic N) is 3. The van der Waals surface area contributed by atoms with Gasteiger partial charge >= 0.3 is 0 Å². The molecule has 23 heavy (non-hydrogen) atoms. The Bertz CT molecular complexity index is 734. The molecule has 0 spiro atoms. The van der Waals surface area contributed by atoms with E-state index in [1.807, 2.05) is 24.3 Å². The van der Waals surface area contributed by atoms with E-state index in [2.05, 4.69) is 20.7 Å². The molecule has 120 valence electrons. The normalized spacial score (nSPS) is 20.7. The maximum atomic E-state index is 12.4. The van der Waals surface area contributed by atoms with Crippen LogP contribution in [-0.2, 0) is 0 Å². The van der Waals surface area contributed by atoms with E-state index in [-0.39, 0.29) is 17.8 Å². The molecule has 1 saturated heterocycles. The van der Waals surface area contributed by atoms with Gasteiger partial charge in [0.1, 0.15) is 5.82 Å². The molecule has 1 aromatic carbocycles. The minimum atomic E-state index is -0.216. The molecule has 0 bridgehead atoms. The molecule has 1 atom stereocenters. The van der Waals surface area contributed by atoms with Gasteiger partial charge in [-0.2, -0.15) is 0 Å². The first-order valence-corrected chi connectivity index (χ1v) is 8.33. The summed E-state index contributed by atoms with van der Waals surface area (Å²) in [6.45, 7) is 1.73. The lowest BCUT2D eigenvalue weighted by Crippen LogP contribution is -2.36. The molecule has 6 nitrogen and oxygen atoms in total. The number of hydrogen-bond acceptors (Lipinski definition) is 4. The zero-order valence-electron chi connectivity index (χ0n) is 12.6. The number of hydrogen-bond donors (Lipinski definition) is 2. The van der Waals surface area contributed by atoms with Gasteiger partial charge in [0.2, 0.25) is 5.82 Å². The Hall–Kier alpha value is -1.92. The Morgan fingerprint density at radius 2 is 2.13 bits per heavy atom. The smallest absolute Gasteiger partial charge is 0.291 e. The standard InChI is InChI=1S/C16H18ClN5O/c17-12-3-1-2-4-13(12)22-15(10-5-6-10)20-14(21-22)16(23)19-11-7-8-18-9-11/h1-4,10-11,18H,5-9H2,(H,19,23). The molecule has 2 aromatic rings. The summed E-state index contributed by atoms with van der Waals surface area (Å²) in [4.78, 5) is 16.9. The zero-order valence-corrected chi connectivity index (χ0v) is 13.4. The number of halogens is 1. The third-order valence-electron chi connectivity index (χ3n) is 4.25. The lowest BCUT2D eigenvalue weighted by Gasteiger charge is -2.08. The monoisotopic (exact) mass is 331 g/mol. The summed E-state index contributed by atoms with van der Waals surface area (Å²) >= 11 is 6.28. The quantitative estimate of drug-likeness (QED) is 0.897. The van der Waals surface area contributed by atoms with Crippen LogP contribution in [0.15, 0.2) is 24.3 Å². The zero-order chi connectivity index (χ0) is 15.8. The topological polar surface area (TPSA) is 71.8 Å². The summed E-state index contributed by atoms with van der Waals surface area (Å²) in [7, 11) is 0. The van der Waals surface area contributed by atoms with Crippen molar-refractivity contribution in [3.8, 4) is 5.69 Å². The lowest BCUT2D eigenvalue weighted by atomic mass is 10.2. The van der Waals surface area contributed by atoms with Gasteiger partial charge in [0.25, 0.3) is 5.91 Å². The maximum Gasteiger partial charge on any atom is 0.291 e. The van der Waals surface area contributed by atoms with Crippen molar-refractivity contribution in [1.29, 1.82) is 0 Å². The van der Waals surface area contributed by atoms with Crippen molar-refractivity contribution in [2.75, 3.05) is 13.1 Å². The third kappa shape index (κ3) is 2.96. The van der Waals surface area contributed by atoms with E-state index in [1.165, 1.54) is 0 Å². The van der Waals surface area contributed by atoms with Crippen LogP contribution in [0.3, 0.4) is 0 Å². The van der Waals surface area contributed by atoms with Crippen LogP contribution in [0.5, 0.6) is 0 Å². The van der Waals surface area contributed by atoms with Gasteiger partial charge in [-0.15, -0.1) is 5.10 Å². The van der Waals surface area contributed by atoms with Crippen molar-refractivity contribution in [2.24, 2.45) is 0 Å². The van der Waals surface area contributed by atoms with E-state index >= 15 is 0 Å². The van der Waals surface area contributed by atoms with Crippen LogP contribution in [-0.4, -0.2) is 39.8 Å². The van der Waals surface area contributed by atoms with Crippen LogP contribution in [0.4, 0.5) is 0 Å². The molecule has 4 rings (SSSR count). The van der Waals surface area contributed by atoms with Crippen molar-refractivity contribution in [2.45, 2.75) is 31.2 Å². The third-order valence-corrected chi connectivity index (χ3v) is 4.57. The molecule has 2 fully saturated rings. The number of amides is 1. The molecule has 2 aliphatic rings. The van der Waals surface area contributed by atoms with Crippen LogP contribution in [0.25, 0.3) is 5.69 Å². The van der Waals surface area contributed by atoms with E-state index in [0.29, 0.717) is 10.9 Å². The molecule has 1 aliphatic carbocycles. The Kier molecular flexibility index (Phi) is 3.79. The predicted molar refractivity (Wildman–Crippen MR) is 87.1 cm³/mol. The molecule has 1 amide bonds. The molecule has 1 saturated carbocycles. The number of rotatable bonds is 4. The Labute approximate surface area is 139 Å². The van der Waals surface area contributed by atoms with E-state index in [9.17, 15) is 4.79 Å². The highest BCUT2D eigenvalue weighted by atomic mass is 35.5. The second-order valence-corrected chi connectivity index (χ2v) is 6.50. The number of benzene rings is 1. The number of carbonyl (C=O) groups excluding carboxylic acids is 1. The maximum absolute atomic E-state index is 12.4. The van der Waals surface area contributed by atoms with E-state index in [1.54, 1.807) is 4.68 Å². The van der Waals surface area contributed by atoms with E-state index in [0.717, 1.165) is 43.9 Å². The number of carbonyl (C=O) groups is 1. The van der Waals surface area contributed by atoms with Gasteiger partial charge in [0, 0.05) is 18.5 Å². The van der Waals surface area contributed by atoms with E-state index in [4.69, 9.17) is 11.6 Å². The van der Waals surface area contributed by atoms with E-state index < -0.39 is 0 Å². The highest BCUT2D eigenvalue weighted by Crippen LogP contribution is 2.40. The summed E-state index contributed by atoms with van der Waals surface area (Å²) in [5.41, 5.74) is 0.769. The van der Waals surface area contributed by atoms with Crippen molar-refractivity contribution in [3.05, 3.63) is 40.9 Å². The fraction of sp³-hybridized carbons (Fsp3) is 0.438. The molecule has 2 N–H and O–H groups in total. The van der Waals surface area contributed by atoms with Gasteiger partial charge in [-0.3, -0.25) is 4.79 Å². The second-order valence-electron chi connectivity index (χ2n) is 6.09. The predicted octanol–water partition coefficient (Wildman–Crippen LogP) is 1.89. The minimum Gasteiger partial charge on any atom is -0.345 e. The molecule has 1 unspecified atom stereocenters. The van der Waals surface area contributed by atoms with Crippen LogP contribution in [0, 0.1) is 0 Å². The Balaban J connectivity index is 1.65. The molecular weight excluding hydrogens is 314 g/mol. The van der Waals surface area contributed by atoms with Crippen LogP contribution < -0.4 is 10.6 Å². The summed E-state index contributed by atoms with van der Waals surface area (Å²) < 4.78 is 1.72. The Morgan fingerprint density at radius 3 is 2.83 bits per heavy atom. The van der Waals surface area contributed by atoms with Gasteiger partial charge in [-0.1, -0.05) is 23.7 Å². The fourth-order valence-electron chi connectivity index (χ4n) is 2.85. The summed E-state index contributed by atoms with van der Waals surface area (Å²) in [5, 5.41) is 11.3.